The van der Waals surface area contributed by atoms with E-state index in [1.807, 2.05) is 30.5 Å². The van der Waals surface area contributed by atoms with Crippen molar-refractivity contribution in [1.82, 2.24) is 19.3 Å². The van der Waals surface area contributed by atoms with Crippen molar-refractivity contribution in [1.29, 1.82) is 0 Å². The van der Waals surface area contributed by atoms with Crippen LogP contribution in [0.1, 0.15) is 33.1 Å². The zero-order chi connectivity index (χ0) is 22.5. The third kappa shape index (κ3) is 3.33. The highest BCUT2D eigenvalue weighted by molar-refractivity contribution is 5.98. The standard InChI is InChI=1S/C23H25N5O3/c1-31-21-11-19-16(12-27(26-19)17-6-4-14(13-29)5-7-17)9-18(21)20-10-15-3-2-8-25-22(15)28(20)23(24)30/h2-3,8-12,14,17,29H,4-7,13H2,1H3,(H2,24,30)/i17D. The first-order chi connectivity index (χ1) is 15.4. The molecule has 1 aliphatic carbocycles. The molecule has 0 atom stereocenters. The number of amides is 1. The topological polar surface area (TPSA) is 108 Å². The number of rotatable bonds is 4. The van der Waals surface area contributed by atoms with E-state index in [2.05, 4.69) is 10.1 Å². The van der Waals surface area contributed by atoms with E-state index in [0.717, 1.165) is 23.6 Å². The summed E-state index contributed by atoms with van der Waals surface area (Å²) in [5.74, 6) is 0.811. The molecule has 8 heteroatoms. The van der Waals surface area contributed by atoms with Gasteiger partial charge in [-0.1, -0.05) is 0 Å². The van der Waals surface area contributed by atoms with Gasteiger partial charge in [0.1, 0.15) is 11.4 Å². The molecule has 0 spiro atoms. The van der Waals surface area contributed by atoms with Crippen LogP contribution in [0.3, 0.4) is 0 Å². The van der Waals surface area contributed by atoms with Gasteiger partial charge in [-0.3, -0.25) is 4.68 Å². The number of nitrogens with two attached hydrogens (primary N) is 1. The number of nitrogens with zero attached hydrogens (tertiary/aromatic N) is 4. The number of fused-ring (bicyclic) bond motifs is 2. The molecule has 0 saturated heterocycles. The summed E-state index contributed by atoms with van der Waals surface area (Å²) in [6, 6.07) is 7.81. The van der Waals surface area contributed by atoms with Crippen LogP contribution in [0.2, 0.25) is 0 Å². The molecule has 1 aromatic carbocycles. The van der Waals surface area contributed by atoms with E-state index in [1.165, 1.54) is 4.57 Å². The van der Waals surface area contributed by atoms with Crippen LogP contribution in [-0.2, 0) is 0 Å². The Labute approximate surface area is 180 Å². The molecule has 8 nitrogen and oxygen atoms in total. The summed E-state index contributed by atoms with van der Waals surface area (Å²) in [4.78, 5) is 16.6. The van der Waals surface area contributed by atoms with Crippen molar-refractivity contribution in [2.24, 2.45) is 11.7 Å². The Kier molecular flexibility index (Phi) is 4.57. The first-order valence-electron chi connectivity index (χ1n) is 10.9. The molecule has 3 heterocycles. The number of aliphatic hydroxyl groups excluding tert-OH is 1. The molecule has 0 aliphatic heterocycles. The highest BCUT2D eigenvalue weighted by Gasteiger charge is 2.24. The molecule has 1 saturated carbocycles. The van der Waals surface area contributed by atoms with Gasteiger partial charge in [-0.25, -0.2) is 14.3 Å². The van der Waals surface area contributed by atoms with Gasteiger partial charge < -0.3 is 15.6 Å². The van der Waals surface area contributed by atoms with Gasteiger partial charge >= 0.3 is 6.03 Å². The molecular weight excluding hydrogens is 394 g/mol. The van der Waals surface area contributed by atoms with E-state index >= 15 is 0 Å². The van der Waals surface area contributed by atoms with Gasteiger partial charge in [0.25, 0.3) is 0 Å². The summed E-state index contributed by atoms with van der Waals surface area (Å²) in [7, 11) is 1.57. The number of aromatic nitrogens is 4. The van der Waals surface area contributed by atoms with Gasteiger partial charge in [-0.15, -0.1) is 0 Å². The van der Waals surface area contributed by atoms with Crippen molar-refractivity contribution >= 4 is 28.0 Å². The normalized spacial score (nSPS) is 22.0. The predicted octanol–water partition coefficient (Wildman–Crippen LogP) is 3.71. The Hall–Kier alpha value is -3.39. The van der Waals surface area contributed by atoms with Crippen molar-refractivity contribution < 1.29 is 16.0 Å². The number of hydrogen-bond acceptors (Lipinski definition) is 5. The van der Waals surface area contributed by atoms with E-state index in [1.54, 1.807) is 24.1 Å². The van der Waals surface area contributed by atoms with Gasteiger partial charge in [0.2, 0.25) is 0 Å². The predicted molar refractivity (Wildman–Crippen MR) is 118 cm³/mol. The summed E-state index contributed by atoms with van der Waals surface area (Å²) in [6.45, 7) is 0.167. The number of carbonyl (C=O) groups is 1. The second-order valence-electron chi connectivity index (χ2n) is 8.00. The minimum atomic E-state index is -0.843. The van der Waals surface area contributed by atoms with Crippen LogP contribution < -0.4 is 10.5 Å². The second kappa shape index (κ2) is 7.70. The van der Waals surface area contributed by atoms with Crippen LogP contribution in [0, 0.1) is 5.92 Å². The molecule has 0 unspecified atom stereocenters. The third-order valence-electron chi connectivity index (χ3n) is 6.15. The third-order valence-corrected chi connectivity index (χ3v) is 6.15. The molecule has 3 aromatic heterocycles. The Bertz CT molecular complexity index is 1320. The number of aliphatic hydroxyl groups is 1. The number of hydrogen-bond donors (Lipinski definition) is 2. The largest absolute Gasteiger partial charge is 0.496 e. The van der Waals surface area contributed by atoms with Gasteiger partial charge in [0.05, 0.1) is 25.7 Å². The van der Waals surface area contributed by atoms with E-state index in [-0.39, 0.29) is 12.5 Å². The molecule has 0 radical (unpaired) electrons. The van der Waals surface area contributed by atoms with Crippen LogP contribution in [0.15, 0.2) is 42.7 Å². The number of benzene rings is 1. The lowest BCUT2D eigenvalue weighted by Crippen LogP contribution is -2.20. The molecule has 31 heavy (non-hydrogen) atoms. The quantitative estimate of drug-likeness (QED) is 0.523. The minimum Gasteiger partial charge on any atom is -0.496 e. The lowest BCUT2D eigenvalue weighted by atomic mass is 9.87. The van der Waals surface area contributed by atoms with Gasteiger partial charge in [0, 0.05) is 41.4 Å². The molecular formula is C23H25N5O3. The summed E-state index contributed by atoms with van der Waals surface area (Å²) >= 11 is 0. The average Bonchev–Trinajstić information content (AvgIpc) is 3.40. The molecule has 1 aliphatic rings. The summed E-state index contributed by atoms with van der Waals surface area (Å²) in [5.41, 5.74) is 8.17. The van der Waals surface area contributed by atoms with E-state index in [4.69, 9.17) is 11.8 Å². The van der Waals surface area contributed by atoms with E-state index in [9.17, 15) is 9.90 Å². The Balaban J connectivity index is 1.64. The van der Waals surface area contributed by atoms with Crippen LogP contribution in [0.5, 0.6) is 5.75 Å². The van der Waals surface area contributed by atoms with Crippen molar-refractivity contribution in [2.75, 3.05) is 13.7 Å². The number of primary amides is 1. The van der Waals surface area contributed by atoms with Gasteiger partial charge in [0.15, 0.2) is 0 Å². The molecule has 5 rings (SSSR count). The summed E-state index contributed by atoms with van der Waals surface area (Å²) in [6.07, 6.45) is 6.37. The molecule has 0 bridgehead atoms. The Morgan fingerprint density at radius 3 is 2.81 bits per heavy atom. The van der Waals surface area contributed by atoms with Crippen LogP contribution in [0.25, 0.3) is 33.2 Å². The number of ether oxygens (including phenoxy) is 1. The first-order valence-corrected chi connectivity index (χ1v) is 10.4. The van der Waals surface area contributed by atoms with Crippen LogP contribution in [-0.4, -0.2) is 44.2 Å². The fourth-order valence-corrected chi connectivity index (χ4v) is 4.46. The zero-order valence-corrected chi connectivity index (χ0v) is 17.3. The molecule has 1 fully saturated rings. The Morgan fingerprint density at radius 1 is 1.29 bits per heavy atom. The zero-order valence-electron chi connectivity index (χ0n) is 18.3. The lowest BCUT2D eigenvalue weighted by molar-refractivity contribution is 0.165. The summed E-state index contributed by atoms with van der Waals surface area (Å²) in [5, 5.41) is 15.7. The van der Waals surface area contributed by atoms with Gasteiger partial charge in [-0.2, -0.15) is 5.10 Å². The minimum absolute atomic E-state index is 0.167. The van der Waals surface area contributed by atoms with Gasteiger partial charge in [-0.05, 0) is 55.9 Å². The maximum absolute atomic E-state index is 12.3. The highest BCUT2D eigenvalue weighted by atomic mass is 16.5. The molecule has 4 aromatic rings. The number of methoxy groups -OCH3 is 1. The fraction of sp³-hybridized carbons (Fsp3) is 0.348. The van der Waals surface area contributed by atoms with Crippen LogP contribution in [0.4, 0.5) is 4.79 Å². The molecule has 160 valence electrons. The average molecular weight is 420 g/mol. The molecule has 3 N–H and O–H groups in total. The first kappa shape index (κ1) is 18.4. The van der Waals surface area contributed by atoms with E-state index in [0.29, 0.717) is 41.0 Å². The van der Waals surface area contributed by atoms with Crippen molar-refractivity contribution in [3.8, 4) is 17.0 Å². The van der Waals surface area contributed by atoms with Crippen LogP contribution >= 0.6 is 0 Å². The second-order valence-corrected chi connectivity index (χ2v) is 8.00. The number of carbonyl (C=O) groups excluding carboxylic acids is 1. The maximum atomic E-state index is 12.3. The highest BCUT2D eigenvalue weighted by Crippen LogP contribution is 2.38. The van der Waals surface area contributed by atoms with Crippen molar-refractivity contribution in [3.05, 3.63) is 42.7 Å². The van der Waals surface area contributed by atoms with Crippen molar-refractivity contribution in [2.45, 2.75) is 31.7 Å². The lowest BCUT2D eigenvalue weighted by Gasteiger charge is -2.27. The van der Waals surface area contributed by atoms with Crippen molar-refractivity contribution in [3.63, 3.8) is 0 Å². The fourth-order valence-electron chi connectivity index (χ4n) is 4.46. The van der Waals surface area contributed by atoms with E-state index < -0.39 is 12.0 Å². The Morgan fingerprint density at radius 2 is 2.10 bits per heavy atom. The smallest absolute Gasteiger partial charge is 0.325 e. The maximum Gasteiger partial charge on any atom is 0.325 e. The monoisotopic (exact) mass is 420 g/mol. The number of pyridine rings is 1. The summed E-state index contributed by atoms with van der Waals surface area (Å²) < 4.78 is 17.7. The molecule has 1 amide bonds. The SMILES string of the molecule is [2H]C1(n2cc3cc(-c4cc5cccnc5n4C(N)=O)c(OC)cc3n2)CCC(CO)CC1.